The van der Waals surface area contributed by atoms with E-state index in [1.165, 1.54) is 5.57 Å². The minimum absolute atomic E-state index is 0.453. The van der Waals surface area contributed by atoms with Crippen LogP contribution in [0.15, 0.2) is 29.4 Å². The first kappa shape index (κ1) is 12.2. The minimum atomic E-state index is 0.453. The first-order valence-electron chi connectivity index (χ1n) is 4.85. The molecule has 0 unspecified atom stereocenters. The molecule has 0 heterocycles. The SMILES string of the molecule is C=CC(=N/C=C(\C)C(C)C)C(C)C. The summed E-state index contributed by atoms with van der Waals surface area (Å²) in [6.45, 7) is 14.4. The van der Waals surface area contributed by atoms with Crippen LogP contribution in [0.25, 0.3) is 0 Å². The summed E-state index contributed by atoms with van der Waals surface area (Å²) < 4.78 is 0. The second-order valence-electron chi connectivity index (χ2n) is 3.94. The van der Waals surface area contributed by atoms with Gasteiger partial charge >= 0.3 is 0 Å². The third-order valence-corrected chi connectivity index (χ3v) is 2.13. The first-order chi connectivity index (χ1) is 5.99. The summed E-state index contributed by atoms with van der Waals surface area (Å²) >= 11 is 0. The van der Waals surface area contributed by atoms with Gasteiger partial charge in [0.2, 0.25) is 0 Å². The zero-order valence-electron chi connectivity index (χ0n) is 9.46. The van der Waals surface area contributed by atoms with Crippen molar-refractivity contribution >= 4 is 5.71 Å². The fourth-order valence-corrected chi connectivity index (χ4v) is 0.763. The zero-order valence-corrected chi connectivity index (χ0v) is 9.46. The molecule has 0 aromatic carbocycles. The van der Waals surface area contributed by atoms with Crippen molar-refractivity contribution in [1.29, 1.82) is 0 Å². The highest BCUT2D eigenvalue weighted by molar-refractivity contribution is 5.96. The molecule has 0 aliphatic rings. The third kappa shape index (κ3) is 4.66. The van der Waals surface area contributed by atoms with Crippen molar-refractivity contribution in [2.45, 2.75) is 34.6 Å². The van der Waals surface area contributed by atoms with Crippen LogP contribution >= 0.6 is 0 Å². The maximum atomic E-state index is 4.40. The lowest BCUT2D eigenvalue weighted by Crippen LogP contribution is -2.02. The van der Waals surface area contributed by atoms with Crippen molar-refractivity contribution in [3.05, 3.63) is 24.4 Å². The molecule has 1 heteroatoms. The molecule has 0 aliphatic heterocycles. The lowest BCUT2D eigenvalue weighted by molar-refractivity contribution is 0.765. The molecule has 0 atom stereocenters. The van der Waals surface area contributed by atoms with E-state index in [4.69, 9.17) is 0 Å². The van der Waals surface area contributed by atoms with Gasteiger partial charge < -0.3 is 0 Å². The largest absolute Gasteiger partial charge is 0.261 e. The number of aliphatic imine (C=N–C) groups is 1. The molecule has 0 saturated heterocycles. The van der Waals surface area contributed by atoms with Crippen molar-refractivity contribution < 1.29 is 0 Å². The van der Waals surface area contributed by atoms with E-state index >= 15 is 0 Å². The molecule has 13 heavy (non-hydrogen) atoms. The molecular weight excluding hydrogens is 158 g/mol. The summed E-state index contributed by atoms with van der Waals surface area (Å²) in [5, 5.41) is 0. The van der Waals surface area contributed by atoms with E-state index in [1.807, 2.05) is 12.3 Å². The van der Waals surface area contributed by atoms with Crippen LogP contribution in [-0.4, -0.2) is 5.71 Å². The fraction of sp³-hybridized carbons (Fsp3) is 0.583. The van der Waals surface area contributed by atoms with E-state index < -0.39 is 0 Å². The monoisotopic (exact) mass is 179 g/mol. The maximum Gasteiger partial charge on any atom is 0.0423 e. The van der Waals surface area contributed by atoms with Crippen LogP contribution in [0.1, 0.15) is 34.6 Å². The van der Waals surface area contributed by atoms with Crippen molar-refractivity contribution in [2.75, 3.05) is 0 Å². The van der Waals surface area contributed by atoms with Gasteiger partial charge in [-0.1, -0.05) is 39.8 Å². The van der Waals surface area contributed by atoms with Gasteiger partial charge in [-0.2, -0.15) is 0 Å². The Morgan fingerprint density at radius 2 is 1.69 bits per heavy atom. The number of rotatable bonds is 4. The van der Waals surface area contributed by atoms with Gasteiger partial charge in [0.05, 0.1) is 0 Å². The Bertz CT molecular complexity index is 219. The Kier molecular flexibility index (Phi) is 5.36. The second kappa shape index (κ2) is 5.74. The zero-order chi connectivity index (χ0) is 10.4. The average molecular weight is 179 g/mol. The van der Waals surface area contributed by atoms with Gasteiger partial charge in [0.15, 0.2) is 0 Å². The highest BCUT2D eigenvalue weighted by Gasteiger charge is 1.99. The highest BCUT2D eigenvalue weighted by Crippen LogP contribution is 2.08. The summed E-state index contributed by atoms with van der Waals surface area (Å²) in [5.74, 6) is 1.02. The van der Waals surface area contributed by atoms with Crippen molar-refractivity contribution in [3.8, 4) is 0 Å². The van der Waals surface area contributed by atoms with E-state index in [0.717, 1.165) is 5.71 Å². The summed E-state index contributed by atoms with van der Waals surface area (Å²) in [6.07, 6.45) is 3.77. The quantitative estimate of drug-likeness (QED) is 0.582. The van der Waals surface area contributed by atoms with Crippen LogP contribution in [0.2, 0.25) is 0 Å². The standard InChI is InChI=1S/C12H21N/c1-7-12(10(4)5)13-8-11(6)9(2)3/h7-10H,1H2,2-6H3/b11-8+,13-12?. The maximum absolute atomic E-state index is 4.40. The predicted octanol–water partition coefficient (Wildman–Crippen LogP) is 3.83. The van der Waals surface area contributed by atoms with Gasteiger partial charge in [-0.05, 0) is 24.8 Å². The topological polar surface area (TPSA) is 12.4 Å². The van der Waals surface area contributed by atoms with E-state index in [2.05, 4.69) is 46.2 Å². The van der Waals surface area contributed by atoms with Crippen LogP contribution in [0.3, 0.4) is 0 Å². The number of nitrogens with zero attached hydrogens (tertiary/aromatic N) is 1. The molecule has 0 spiro atoms. The number of hydrogen-bond acceptors (Lipinski definition) is 1. The molecule has 0 amide bonds. The Balaban J connectivity index is 4.54. The normalized spacial score (nSPS) is 14.1. The van der Waals surface area contributed by atoms with Crippen LogP contribution in [0, 0.1) is 11.8 Å². The van der Waals surface area contributed by atoms with E-state index in [9.17, 15) is 0 Å². The lowest BCUT2D eigenvalue weighted by Gasteiger charge is -2.05. The molecule has 0 aromatic rings. The highest BCUT2D eigenvalue weighted by atomic mass is 14.7. The second-order valence-corrected chi connectivity index (χ2v) is 3.94. The summed E-state index contributed by atoms with van der Waals surface area (Å²) in [7, 11) is 0. The molecule has 0 saturated carbocycles. The van der Waals surface area contributed by atoms with Gasteiger partial charge in [0, 0.05) is 11.9 Å². The Hall–Kier alpha value is -0.850. The Morgan fingerprint density at radius 1 is 1.15 bits per heavy atom. The molecule has 0 fully saturated rings. The van der Waals surface area contributed by atoms with Gasteiger partial charge in [-0.3, -0.25) is 4.99 Å². The molecule has 0 N–H and O–H groups in total. The third-order valence-electron chi connectivity index (χ3n) is 2.13. The van der Waals surface area contributed by atoms with Gasteiger partial charge in [-0.15, -0.1) is 0 Å². The Morgan fingerprint density at radius 3 is 2.00 bits per heavy atom. The molecule has 0 rings (SSSR count). The van der Waals surface area contributed by atoms with E-state index in [0.29, 0.717) is 11.8 Å². The summed E-state index contributed by atoms with van der Waals surface area (Å²) in [5.41, 5.74) is 2.36. The van der Waals surface area contributed by atoms with Crippen molar-refractivity contribution in [2.24, 2.45) is 16.8 Å². The summed E-state index contributed by atoms with van der Waals surface area (Å²) in [4.78, 5) is 4.40. The smallest absolute Gasteiger partial charge is 0.0423 e. The number of allylic oxidation sites excluding steroid dienone is 2. The van der Waals surface area contributed by atoms with Crippen LogP contribution in [-0.2, 0) is 0 Å². The van der Waals surface area contributed by atoms with Gasteiger partial charge in [-0.25, -0.2) is 0 Å². The van der Waals surface area contributed by atoms with Gasteiger partial charge in [0.25, 0.3) is 0 Å². The lowest BCUT2D eigenvalue weighted by atomic mass is 10.1. The van der Waals surface area contributed by atoms with E-state index in [-0.39, 0.29) is 0 Å². The predicted molar refractivity (Wildman–Crippen MR) is 61.1 cm³/mol. The van der Waals surface area contributed by atoms with Crippen LogP contribution in [0.5, 0.6) is 0 Å². The molecule has 74 valence electrons. The summed E-state index contributed by atoms with van der Waals surface area (Å²) in [6, 6.07) is 0. The van der Waals surface area contributed by atoms with E-state index in [1.54, 1.807) is 0 Å². The molecule has 0 aromatic heterocycles. The minimum Gasteiger partial charge on any atom is -0.261 e. The Labute approximate surface area is 82.3 Å². The molecule has 0 radical (unpaired) electrons. The molecule has 1 nitrogen and oxygen atoms in total. The van der Waals surface area contributed by atoms with Crippen LogP contribution in [0.4, 0.5) is 0 Å². The van der Waals surface area contributed by atoms with Crippen LogP contribution < -0.4 is 0 Å². The van der Waals surface area contributed by atoms with Crippen molar-refractivity contribution in [3.63, 3.8) is 0 Å². The van der Waals surface area contributed by atoms with Crippen molar-refractivity contribution in [1.82, 2.24) is 0 Å². The average Bonchev–Trinajstić information content (AvgIpc) is 2.04. The molecule has 0 aliphatic carbocycles. The fourth-order valence-electron chi connectivity index (χ4n) is 0.763. The first-order valence-corrected chi connectivity index (χ1v) is 4.85. The number of hydrogen-bond donors (Lipinski definition) is 0. The molecular formula is C12H21N. The van der Waals surface area contributed by atoms with Gasteiger partial charge in [0.1, 0.15) is 0 Å². The molecule has 0 bridgehead atoms.